The van der Waals surface area contributed by atoms with E-state index in [9.17, 15) is 22.8 Å². The number of anilines is 3. The number of hydrogen-bond acceptors (Lipinski definition) is 4. The van der Waals surface area contributed by atoms with Crippen LogP contribution in [-0.4, -0.2) is 29.9 Å². The average Bonchev–Trinajstić information content (AvgIpc) is 2.67. The molecule has 2 aromatic rings. The zero-order chi connectivity index (χ0) is 21.9. The number of carbonyl (C=O) groups is 2. The van der Waals surface area contributed by atoms with Gasteiger partial charge in [0.15, 0.2) is 0 Å². The van der Waals surface area contributed by atoms with Crippen molar-refractivity contribution in [3.05, 3.63) is 47.1 Å². The molecule has 0 spiro atoms. The van der Waals surface area contributed by atoms with Crippen molar-refractivity contribution in [2.45, 2.75) is 25.9 Å². The highest BCUT2D eigenvalue weighted by atomic mass is 35.5. The van der Waals surface area contributed by atoms with Gasteiger partial charge < -0.3 is 15.5 Å². The molecule has 3 rings (SSSR count). The highest BCUT2D eigenvalue weighted by Crippen LogP contribution is 2.34. The van der Waals surface area contributed by atoms with Gasteiger partial charge in [-0.15, -0.1) is 0 Å². The van der Waals surface area contributed by atoms with Gasteiger partial charge in [-0.05, 0) is 37.1 Å². The SMILES string of the molecule is CC(=O)Nc1cccc(NC(=O)C2CCN(c3ncc(C(F)(F)F)cc3Cl)CC2)c1. The summed E-state index contributed by atoms with van der Waals surface area (Å²) in [6.07, 6.45) is -2.72. The van der Waals surface area contributed by atoms with Gasteiger partial charge in [0.1, 0.15) is 5.82 Å². The quantitative estimate of drug-likeness (QED) is 0.730. The molecule has 0 radical (unpaired) electrons. The molecule has 2 N–H and O–H groups in total. The first-order chi connectivity index (χ1) is 14.1. The second kappa shape index (κ2) is 8.91. The predicted molar refractivity (Wildman–Crippen MR) is 109 cm³/mol. The van der Waals surface area contributed by atoms with E-state index in [4.69, 9.17) is 11.6 Å². The maximum absolute atomic E-state index is 12.8. The van der Waals surface area contributed by atoms with Gasteiger partial charge in [0.2, 0.25) is 11.8 Å². The number of carbonyl (C=O) groups excluding carboxylic acids is 2. The molecule has 2 amide bonds. The predicted octanol–water partition coefficient (Wildman–Crippen LogP) is 4.57. The van der Waals surface area contributed by atoms with Crippen LogP contribution in [0.15, 0.2) is 36.5 Å². The zero-order valence-electron chi connectivity index (χ0n) is 16.1. The van der Waals surface area contributed by atoms with E-state index in [-0.39, 0.29) is 28.6 Å². The third-order valence-corrected chi connectivity index (χ3v) is 5.04. The highest BCUT2D eigenvalue weighted by Gasteiger charge is 2.33. The Morgan fingerprint density at radius 3 is 2.33 bits per heavy atom. The van der Waals surface area contributed by atoms with E-state index in [2.05, 4.69) is 15.6 Å². The Labute approximate surface area is 176 Å². The van der Waals surface area contributed by atoms with Crippen LogP contribution in [0.2, 0.25) is 5.02 Å². The van der Waals surface area contributed by atoms with E-state index < -0.39 is 11.7 Å². The normalized spacial score (nSPS) is 15.0. The molecule has 30 heavy (non-hydrogen) atoms. The van der Waals surface area contributed by atoms with Crippen LogP contribution in [-0.2, 0) is 15.8 Å². The summed E-state index contributed by atoms with van der Waals surface area (Å²) in [4.78, 5) is 29.4. The van der Waals surface area contributed by atoms with Gasteiger partial charge in [0, 0.05) is 43.5 Å². The van der Waals surface area contributed by atoms with E-state index in [0.29, 0.717) is 37.3 Å². The molecule has 1 aromatic carbocycles. The Hall–Kier alpha value is -2.81. The van der Waals surface area contributed by atoms with Crippen LogP contribution in [0, 0.1) is 5.92 Å². The number of aromatic nitrogens is 1. The molecule has 1 saturated heterocycles. The average molecular weight is 441 g/mol. The first kappa shape index (κ1) is 21.9. The number of hydrogen-bond donors (Lipinski definition) is 2. The van der Waals surface area contributed by atoms with Crippen LogP contribution in [0.3, 0.4) is 0 Å². The van der Waals surface area contributed by atoms with Crippen LogP contribution in [0.25, 0.3) is 0 Å². The zero-order valence-corrected chi connectivity index (χ0v) is 16.8. The Morgan fingerprint density at radius 2 is 1.77 bits per heavy atom. The van der Waals surface area contributed by atoms with Gasteiger partial charge in [-0.25, -0.2) is 4.98 Å². The van der Waals surface area contributed by atoms with E-state index in [1.54, 1.807) is 29.2 Å². The van der Waals surface area contributed by atoms with E-state index in [1.807, 2.05) is 0 Å². The molecule has 1 aromatic heterocycles. The number of nitrogens with one attached hydrogen (secondary N) is 2. The Balaban J connectivity index is 1.59. The summed E-state index contributed by atoms with van der Waals surface area (Å²) in [5.74, 6) is -0.326. The minimum absolute atomic E-state index is 0.0671. The van der Waals surface area contributed by atoms with E-state index in [1.165, 1.54) is 6.92 Å². The van der Waals surface area contributed by atoms with Crippen molar-refractivity contribution in [3.63, 3.8) is 0 Å². The Kier molecular flexibility index (Phi) is 6.50. The lowest BCUT2D eigenvalue weighted by Crippen LogP contribution is -2.38. The standard InChI is InChI=1S/C20H20ClF3N4O2/c1-12(29)26-15-3-2-4-16(10-15)27-19(30)13-5-7-28(8-6-13)18-17(21)9-14(11-25-18)20(22,23)24/h2-4,9-11,13H,5-8H2,1H3,(H,26,29)(H,27,30). The van der Waals surface area contributed by atoms with Gasteiger partial charge in [-0.3, -0.25) is 9.59 Å². The van der Waals surface area contributed by atoms with Gasteiger partial charge >= 0.3 is 6.18 Å². The van der Waals surface area contributed by atoms with E-state index >= 15 is 0 Å². The molecule has 10 heteroatoms. The fourth-order valence-electron chi connectivity index (χ4n) is 3.29. The van der Waals surface area contributed by atoms with Crippen LogP contribution in [0.4, 0.5) is 30.4 Å². The van der Waals surface area contributed by atoms with Crippen LogP contribution < -0.4 is 15.5 Å². The summed E-state index contributed by atoms with van der Waals surface area (Å²) < 4.78 is 38.3. The summed E-state index contributed by atoms with van der Waals surface area (Å²) in [5.41, 5.74) is 0.256. The summed E-state index contributed by atoms with van der Waals surface area (Å²) in [6, 6.07) is 7.70. The molecule has 0 aliphatic carbocycles. The van der Waals surface area contributed by atoms with Crippen molar-refractivity contribution in [3.8, 4) is 0 Å². The van der Waals surface area contributed by atoms with Crippen molar-refractivity contribution < 1.29 is 22.8 Å². The number of alkyl halides is 3. The minimum atomic E-state index is -4.50. The minimum Gasteiger partial charge on any atom is -0.355 e. The monoisotopic (exact) mass is 440 g/mol. The lowest BCUT2D eigenvalue weighted by Gasteiger charge is -2.32. The van der Waals surface area contributed by atoms with Crippen molar-refractivity contribution >= 4 is 40.6 Å². The van der Waals surface area contributed by atoms with Gasteiger partial charge in [-0.1, -0.05) is 17.7 Å². The summed E-state index contributed by atoms with van der Waals surface area (Å²) >= 11 is 6.01. The fourth-order valence-corrected chi connectivity index (χ4v) is 3.58. The molecule has 0 saturated carbocycles. The topological polar surface area (TPSA) is 74.3 Å². The third-order valence-electron chi connectivity index (χ3n) is 4.76. The number of nitrogens with zero attached hydrogens (tertiary/aromatic N) is 2. The summed E-state index contributed by atoms with van der Waals surface area (Å²) in [6.45, 7) is 2.29. The smallest absolute Gasteiger partial charge is 0.355 e. The molecule has 160 valence electrons. The van der Waals surface area contributed by atoms with Gasteiger partial charge in [0.25, 0.3) is 0 Å². The number of amides is 2. The largest absolute Gasteiger partial charge is 0.417 e. The first-order valence-corrected chi connectivity index (χ1v) is 9.67. The molecule has 1 aliphatic rings. The number of piperidine rings is 1. The number of halogens is 4. The maximum atomic E-state index is 12.8. The van der Waals surface area contributed by atoms with Crippen molar-refractivity contribution in [1.29, 1.82) is 0 Å². The molecule has 1 aliphatic heterocycles. The number of benzene rings is 1. The van der Waals surface area contributed by atoms with Crippen LogP contribution in [0.5, 0.6) is 0 Å². The van der Waals surface area contributed by atoms with Crippen molar-refractivity contribution in [2.75, 3.05) is 28.6 Å². The second-order valence-corrected chi connectivity index (χ2v) is 7.45. The van der Waals surface area contributed by atoms with Crippen LogP contribution in [0.1, 0.15) is 25.3 Å². The van der Waals surface area contributed by atoms with E-state index in [0.717, 1.165) is 12.3 Å². The van der Waals surface area contributed by atoms with Crippen molar-refractivity contribution in [1.82, 2.24) is 4.98 Å². The summed E-state index contributed by atoms with van der Waals surface area (Å²) in [7, 11) is 0. The molecular weight excluding hydrogens is 421 g/mol. The third kappa shape index (κ3) is 5.41. The molecular formula is C20H20ClF3N4O2. The lowest BCUT2D eigenvalue weighted by molar-refractivity contribution is -0.137. The van der Waals surface area contributed by atoms with Gasteiger partial charge in [-0.2, -0.15) is 13.2 Å². The molecule has 0 unspecified atom stereocenters. The first-order valence-electron chi connectivity index (χ1n) is 9.29. The van der Waals surface area contributed by atoms with Gasteiger partial charge in [0.05, 0.1) is 10.6 Å². The summed E-state index contributed by atoms with van der Waals surface area (Å²) in [5, 5.41) is 5.43. The molecule has 0 bridgehead atoms. The maximum Gasteiger partial charge on any atom is 0.417 e. The Morgan fingerprint density at radius 1 is 1.13 bits per heavy atom. The molecule has 0 atom stereocenters. The number of rotatable bonds is 4. The fraction of sp³-hybridized carbons (Fsp3) is 0.350. The van der Waals surface area contributed by atoms with Crippen LogP contribution >= 0.6 is 11.6 Å². The highest BCUT2D eigenvalue weighted by molar-refractivity contribution is 6.33. The van der Waals surface area contributed by atoms with Crippen molar-refractivity contribution in [2.24, 2.45) is 5.92 Å². The second-order valence-electron chi connectivity index (χ2n) is 7.04. The molecule has 1 fully saturated rings. The number of pyridine rings is 1. The Bertz CT molecular complexity index is 944. The molecule has 6 nitrogen and oxygen atoms in total. The molecule has 2 heterocycles. The lowest BCUT2D eigenvalue weighted by atomic mass is 9.95.